The van der Waals surface area contributed by atoms with Crippen molar-refractivity contribution < 1.29 is 23.3 Å². The first kappa shape index (κ1) is 19.7. The fraction of sp³-hybridized carbons (Fsp3) is 0.381. The number of quaternary nitrogens is 1. The van der Waals surface area contributed by atoms with Crippen LogP contribution in [-0.4, -0.2) is 60.0 Å². The highest BCUT2D eigenvalue weighted by molar-refractivity contribution is 7.85. The summed E-state index contributed by atoms with van der Waals surface area (Å²) in [5.74, 6) is 0.413. The van der Waals surface area contributed by atoms with Gasteiger partial charge in [-0.15, -0.1) is 0 Å². The molecule has 2 unspecified atom stereocenters. The molecule has 144 valence electrons. The quantitative estimate of drug-likeness (QED) is 0.682. The van der Waals surface area contributed by atoms with E-state index in [2.05, 4.69) is 0 Å². The number of nitrogens with zero attached hydrogens (tertiary/aromatic N) is 1. The van der Waals surface area contributed by atoms with Gasteiger partial charge in [-0.25, -0.2) is 4.21 Å². The molecule has 2 atom stereocenters. The van der Waals surface area contributed by atoms with E-state index in [0.29, 0.717) is 37.7 Å². The van der Waals surface area contributed by atoms with E-state index < -0.39 is 16.9 Å². The summed E-state index contributed by atoms with van der Waals surface area (Å²) in [6.45, 7) is 4.45. The van der Waals surface area contributed by atoms with Crippen molar-refractivity contribution in [3.8, 4) is 5.75 Å². The van der Waals surface area contributed by atoms with E-state index in [4.69, 9.17) is 4.74 Å². The second-order valence-electron chi connectivity index (χ2n) is 8.03. The lowest BCUT2D eigenvalue weighted by Crippen LogP contribution is -2.43. The Hall–Kier alpha value is -2.02. The van der Waals surface area contributed by atoms with Crippen LogP contribution in [0.2, 0.25) is 0 Å². The number of carbonyl (C=O) groups excluding carboxylic acids is 1. The Morgan fingerprint density at radius 1 is 1.11 bits per heavy atom. The molecule has 1 aliphatic rings. The zero-order chi connectivity index (χ0) is 19.9. The minimum atomic E-state index is -1.40. The number of ketones is 1. The molecule has 0 aromatic heterocycles. The molecule has 0 aliphatic carbocycles. The van der Waals surface area contributed by atoms with Gasteiger partial charge in [-0.3, -0.25) is 4.79 Å². The number of benzene rings is 2. The number of fused-ring (bicyclic) bond motifs is 2. The van der Waals surface area contributed by atoms with Crippen LogP contribution in [-0.2, 0) is 10.8 Å². The lowest BCUT2D eigenvalue weighted by molar-refractivity contribution is -0.873. The molecule has 5 nitrogen and oxygen atoms in total. The van der Waals surface area contributed by atoms with Gasteiger partial charge in [0.05, 0.1) is 41.7 Å². The molecule has 1 N–H and O–H groups in total. The molecule has 0 amide bonds. The molecule has 2 aromatic rings. The molecule has 0 saturated carbocycles. The fourth-order valence-electron chi connectivity index (χ4n) is 3.36. The van der Waals surface area contributed by atoms with Gasteiger partial charge in [0.1, 0.15) is 25.0 Å². The van der Waals surface area contributed by atoms with Gasteiger partial charge in [-0.05, 0) is 43.2 Å². The van der Waals surface area contributed by atoms with E-state index in [1.165, 1.54) is 0 Å². The summed E-state index contributed by atoms with van der Waals surface area (Å²) in [6.07, 6.45) is -0.619. The van der Waals surface area contributed by atoms with Crippen molar-refractivity contribution >= 4 is 16.6 Å². The number of ether oxygens (including phenoxy) is 1. The van der Waals surface area contributed by atoms with Crippen LogP contribution in [0.15, 0.2) is 40.1 Å². The Morgan fingerprint density at radius 2 is 1.78 bits per heavy atom. The SMILES string of the molecule is Cc1c(OCC(O)C[N+](C)(C)C)cc2c(c1C)S(=O)c1ccccc1C2=O. The molecule has 2 aromatic carbocycles. The van der Waals surface area contributed by atoms with Crippen molar-refractivity contribution in [3.63, 3.8) is 0 Å². The second kappa shape index (κ2) is 7.19. The molecule has 27 heavy (non-hydrogen) atoms. The summed E-state index contributed by atoms with van der Waals surface area (Å²) in [4.78, 5) is 14.1. The van der Waals surface area contributed by atoms with E-state index in [0.717, 1.165) is 11.1 Å². The summed E-state index contributed by atoms with van der Waals surface area (Å²) in [6, 6.07) is 8.70. The average Bonchev–Trinajstić information content (AvgIpc) is 2.59. The number of aliphatic hydroxyl groups is 1. The summed E-state index contributed by atoms with van der Waals surface area (Å²) in [7, 11) is 4.61. The minimum absolute atomic E-state index is 0.139. The van der Waals surface area contributed by atoms with E-state index in [1.807, 2.05) is 35.0 Å². The fourth-order valence-corrected chi connectivity index (χ4v) is 4.93. The van der Waals surface area contributed by atoms with Gasteiger partial charge < -0.3 is 14.3 Å². The first-order valence-electron chi connectivity index (χ1n) is 8.91. The Balaban J connectivity index is 1.95. The van der Waals surface area contributed by atoms with Crippen molar-refractivity contribution in [1.82, 2.24) is 0 Å². The maximum absolute atomic E-state index is 13.0. The predicted molar refractivity (Wildman–Crippen MR) is 105 cm³/mol. The summed E-state index contributed by atoms with van der Waals surface area (Å²) < 4.78 is 19.5. The topological polar surface area (TPSA) is 63.6 Å². The number of hydrogen-bond donors (Lipinski definition) is 1. The van der Waals surface area contributed by atoms with Gasteiger partial charge >= 0.3 is 0 Å². The monoisotopic (exact) mass is 388 g/mol. The van der Waals surface area contributed by atoms with Crippen molar-refractivity contribution in [2.75, 3.05) is 34.3 Å². The van der Waals surface area contributed by atoms with Crippen LogP contribution in [0, 0.1) is 13.8 Å². The van der Waals surface area contributed by atoms with Gasteiger partial charge in [0.15, 0.2) is 5.78 Å². The number of aliphatic hydroxyl groups excluding tert-OH is 1. The molecule has 3 rings (SSSR count). The van der Waals surface area contributed by atoms with E-state index in [1.54, 1.807) is 30.3 Å². The van der Waals surface area contributed by atoms with Crippen molar-refractivity contribution in [2.45, 2.75) is 29.7 Å². The van der Waals surface area contributed by atoms with Crippen LogP contribution in [0.3, 0.4) is 0 Å². The normalized spacial score (nSPS) is 17.3. The molecule has 0 saturated heterocycles. The maximum Gasteiger partial charge on any atom is 0.195 e. The molecule has 1 aliphatic heterocycles. The number of carbonyl (C=O) groups is 1. The largest absolute Gasteiger partial charge is 0.490 e. The Kier molecular flexibility index (Phi) is 5.25. The Bertz CT molecular complexity index is 931. The molecular weight excluding hydrogens is 362 g/mol. The molecule has 0 bridgehead atoms. The highest BCUT2D eigenvalue weighted by Gasteiger charge is 2.32. The summed E-state index contributed by atoms with van der Waals surface area (Å²) in [5.41, 5.74) is 2.53. The molecule has 0 fully saturated rings. The van der Waals surface area contributed by atoms with Crippen molar-refractivity contribution in [2.24, 2.45) is 0 Å². The van der Waals surface area contributed by atoms with Crippen LogP contribution in [0.4, 0.5) is 0 Å². The maximum atomic E-state index is 13.0. The standard InChI is InChI=1S/C21H26NO4S/c1-13-14(2)21-17(10-18(13)26-12-15(23)11-22(3,4)5)20(24)16-8-6-7-9-19(16)27(21)25/h6-10,15,23H,11-12H2,1-5H3/q+1. The van der Waals surface area contributed by atoms with Gasteiger partial charge in [0.25, 0.3) is 0 Å². The number of hydrogen-bond acceptors (Lipinski definition) is 4. The zero-order valence-electron chi connectivity index (χ0n) is 16.4. The van der Waals surface area contributed by atoms with Crippen LogP contribution in [0.1, 0.15) is 27.0 Å². The number of rotatable bonds is 5. The van der Waals surface area contributed by atoms with Crippen molar-refractivity contribution in [1.29, 1.82) is 0 Å². The van der Waals surface area contributed by atoms with Crippen LogP contribution < -0.4 is 4.74 Å². The molecule has 0 spiro atoms. The van der Waals surface area contributed by atoms with E-state index >= 15 is 0 Å². The van der Waals surface area contributed by atoms with Gasteiger partial charge in [0, 0.05) is 11.1 Å². The molecule has 6 heteroatoms. The van der Waals surface area contributed by atoms with E-state index in [-0.39, 0.29) is 12.4 Å². The summed E-state index contributed by atoms with van der Waals surface area (Å²) >= 11 is 0. The molecule has 0 radical (unpaired) electrons. The Morgan fingerprint density at radius 3 is 2.44 bits per heavy atom. The lowest BCUT2D eigenvalue weighted by Gasteiger charge is -2.27. The van der Waals surface area contributed by atoms with Gasteiger partial charge in [-0.1, -0.05) is 12.1 Å². The van der Waals surface area contributed by atoms with Gasteiger partial charge in [-0.2, -0.15) is 0 Å². The predicted octanol–water partition coefficient (Wildman–Crippen LogP) is 2.46. The lowest BCUT2D eigenvalue weighted by atomic mass is 9.97. The van der Waals surface area contributed by atoms with Gasteiger partial charge in [0.2, 0.25) is 0 Å². The summed E-state index contributed by atoms with van der Waals surface area (Å²) in [5, 5.41) is 10.2. The molecular formula is C21H26NO4S+. The third kappa shape index (κ3) is 3.83. The molecule has 1 heterocycles. The van der Waals surface area contributed by atoms with Crippen LogP contribution in [0.25, 0.3) is 0 Å². The third-order valence-electron chi connectivity index (χ3n) is 4.74. The van der Waals surface area contributed by atoms with Crippen LogP contribution >= 0.6 is 0 Å². The highest BCUT2D eigenvalue weighted by Crippen LogP contribution is 2.38. The second-order valence-corrected chi connectivity index (χ2v) is 9.42. The zero-order valence-corrected chi connectivity index (χ0v) is 17.2. The Labute approximate surface area is 162 Å². The van der Waals surface area contributed by atoms with Crippen LogP contribution in [0.5, 0.6) is 5.75 Å². The number of likely N-dealkylation sites (N-methyl/N-ethyl adjacent to an activating group) is 1. The highest BCUT2D eigenvalue weighted by atomic mass is 32.2. The van der Waals surface area contributed by atoms with Crippen molar-refractivity contribution in [3.05, 3.63) is 52.6 Å². The first-order chi connectivity index (χ1) is 12.6. The average molecular weight is 389 g/mol. The third-order valence-corrected chi connectivity index (χ3v) is 6.40. The van der Waals surface area contributed by atoms with E-state index in [9.17, 15) is 14.1 Å². The minimum Gasteiger partial charge on any atom is -0.490 e. The smallest absolute Gasteiger partial charge is 0.195 e. The first-order valence-corrected chi connectivity index (χ1v) is 10.1.